The van der Waals surface area contributed by atoms with E-state index in [1.165, 1.54) is 6.33 Å². The highest BCUT2D eigenvalue weighted by Gasteiger charge is 2.12. The maximum Gasteiger partial charge on any atom is 0.252 e. The Morgan fingerprint density at radius 3 is 2.81 bits per heavy atom. The molecule has 136 valence electrons. The van der Waals surface area contributed by atoms with Crippen molar-refractivity contribution in [2.24, 2.45) is 0 Å². The fourth-order valence-corrected chi connectivity index (χ4v) is 3.63. The molecule has 0 spiro atoms. The molecule has 1 N–H and O–H groups in total. The summed E-state index contributed by atoms with van der Waals surface area (Å²) in [5, 5.41) is 7.87. The van der Waals surface area contributed by atoms with Gasteiger partial charge in [0.15, 0.2) is 0 Å². The molecule has 0 aliphatic heterocycles. The quantitative estimate of drug-likeness (QED) is 0.496. The van der Waals surface area contributed by atoms with Crippen LogP contribution in [0.5, 0.6) is 0 Å². The van der Waals surface area contributed by atoms with Crippen LogP contribution in [-0.2, 0) is 11.2 Å². The van der Waals surface area contributed by atoms with Gasteiger partial charge in [-0.15, -0.1) is 11.8 Å². The number of hydrogen-bond donors (Lipinski definition) is 1. The van der Waals surface area contributed by atoms with E-state index in [4.69, 9.17) is 11.6 Å². The van der Waals surface area contributed by atoms with Gasteiger partial charge in [0.25, 0.3) is 5.78 Å². The molecule has 1 amide bonds. The van der Waals surface area contributed by atoms with Gasteiger partial charge in [-0.3, -0.25) is 4.79 Å². The minimum atomic E-state index is 0.0409. The van der Waals surface area contributed by atoms with Crippen molar-refractivity contribution in [1.82, 2.24) is 24.9 Å². The van der Waals surface area contributed by atoms with E-state index in [1.807, 2.05) is 38.1 Å². The summed E-state index contributed by atoms with van der Waals surface area (Å²) in [4.78, 5) is 21.8. The Kier molecular flexibility index (Phi) is 6.11. The second kappa shape index (κ2) is 8.51. The molecule has 0 aliphatic rings. The van der Waals surface area contributed by atoms with Crippen LogP contribution in [0.2, 0.25) is 5.02 Å². The molecule has 0 saturated heterocycles. The Morgan fingerprint density at radius 1 is 1.27 bits per heavy atom. The number of benzene rings is 1. The number of nitrogens with zero attached hydrogens (tertiary/aromatic N) is 4. The number of thioether (sulfide) groups is 1. The van der Waals surface area contributed by atoms with Crippen LogP contribution in [-0.4, -0.2) is 37.8 Å². The Balaban J connectivity index is 1.46. The van der Waals surface area contributed by atoms with Gasteiger partial charge >= 0.3 is 0 Å². The van der Waals surface area contributed by atoms with Crippen LogP contribution >= 0.6 is 23.4 Å². The molecule has 3 rings (SSSR count). The standard InChI is InChI=1S/C18H20ClN5OS/c1-12-16(13(2)24-18(23-12)21-11-22-24)7-8-17(25)20-9-10-26-15-5-3-14(19)4-6-15/h3-6,11H,7-10H2,1-2H3,(H,20,25). The first-order valence-corrected chi connectivity index (χ1v) is 9.72. The van der Waals surface area contributed by atoms with Gasteiger partial charge in [-0.05, 0) is 50.1 Å². The van der Waals surface area contributed by atoms with Gasteiger partial charge in [-0.2, -0.15) is 10.1 Å². The Hall–Kier alpha value is -2.12. The zero-order valence-corrected chi connectivity index (χ0v) is 16.3. The first-order chi connectivity index (χ1) is 12.5. The predicted octanol–water partition coefficient (Wildman–Crippen LogP) is 3.24. The molecule has 0 bridgehead atoms. The Labute approximate surface area is 161 Å². The van der Waals surface area contributed by atoms with Crippen LogP contribution in [0.1, 0.15) is 23.4 Å². The van der Waals surface area contributed by atoms with E-state index in [-0.39, 0.29) is 5.91 Å². The molecule has 2 aromatic heterocycles. The van der Waals surface area contributed by atoms with Crippen molar-refractivity contribution in [2.45, 2.75) is 31.6 Å². The molecule has 0 aliphatic carbocycles. The van der Waals surface area contributed by atoms with E-state index in [0.717, 1.165) is 32.6 Å². The highest BCUT2D eigenvalue weighted by molar-refractivity contribution is 7.99. The molecule has 8 heteroatoms. The summed E-state index contributed by atoms with van der Waals surface area (Å²) in [5.41, 5.74) is 2.93. The van der Waals surface area contributed by atoms with Gasteiger partial charge in [-0.1, -0.05) is 11.6 Å². The van der Waals surface area contributed by atoms with Crippen LogP contribution in [0.4, 0.5) is 0 Å². The number of carbonyl (C=O) groups is 1. The fraction of sp³-hybridized carbons (Fsp3) is 0.333. The number of hydrogen-bond acceptors (Lipinski definition) is 5. The maximum absolute atomic E-state index is 12.1. The SMILES string of the molecule is Cc1nc2ncnn2c(C)c1CCC(=O)NCCSc1ccc(Cl)cc1. The second-order valence-electron chi connectivity index (χ2n) is 5.89. The number of halogens is 1. The lowest BCUT2D eigenvalue weighted by Crippen LogP contribution is -2.26. The number of aromatic nitrogens is 4. The molecular weight excluding hydrogens is 370 g/mol. The van der Waals surface area contributed by atoms with E-state index in [1.54, 1.807) is 16.3 Å². The lowest BCUT2D eigenvalue weighted by Gasteiger charge is -2.10. The summed E-state index contributed by atoms with van der Waals surface area (Å²) < 4.78 is 1.71. The maximum atomic E-state index is 12.1. The normalized spacial score (nSPS) is 11.0. The van der Waals surface area contributed by atoms with Crippen molar-refractivity contribution in [3.05, 3.63) is 52.6 Å². The molecule has 0 saturated carbocycles. The van der Waals surface area contributed by atoms with Crippen molar-refractivity contribution in [3.63, 3.8) is 0 Å². The molecule has 0 radical (unpaired) electrons. The van der Waals surface area contributed by atoms with E-state index in [0.29, 0.717) is 25.2 Å². The minimum Gasteiger partial charge on any atom is -0.355 e. The average Bonchev–Trinajstić information content (AvgIpc) is 3.08. The molecule has 26 heavy (non-hydrogen) atoms. The molecule has 0 fully saturated rings. The van der Waals surface area contributed by atoms with E-state index in [2.05, 4.69) is 20.4 Å². The number of amides is 1. The highest BCUT2D eigenvalue weighted by atomic mass is 35.5. The van der Waals surface area contributed by atoms with Crippen LogP contribution in [0.3, 0.4) is 0 Å². The lowest BCUT2D eigenvalue weighted by molar-refractivity contribution is -0.120. The Bertz CT molecular complexity index is 910. The number of carbonyl (C=O) groups excluding carboxylic acids is 1. The monoisotopic (exact) mass is 389 g/mol. The third-order valence-corrected chi connectivity index (χ3v) is 5.36. The number of aryl methyl sites for hydroxylation is 2. The summed E-state index contributed by atoms with van der Waals surface area (Å²) in [7, 11) is 0. The summed E-state index contributed by atoms with van der Waals surface area (Å²) in [6.07, 6.45) is 2.55. The largest absolute Gasteiger partial charge is 0.355 e. The number of nitrogens with one attached hydrogen (secondary N) is 1. The van der Waals surface area contributed by atoms with Gasteiger partial charge in [-0.25, -0.2) is 9.50 Å². The van der Waals surface area contributed by atoms with Crippen LogP contribution in [0.25, 0.3) is 5.78 Å². The lowest BCUT2D eigenvalue weighted by atomic mass is 10.1. The smallest absolute Gasteiger partial charge is 0.252 e. The number of rotatable bonds is 7. The van der Waals surface area contributed by atoms with Crippen LogP contribution < -0.4 is 5.32 Å². The van der Waals surface area contributed by atoms with Crippen molar-refractivity contribution < 1.29 is 4.79 Å². The second-order valence-corrected chi connectivity index (χ2v) is 7.49. The fourth-order valence-electron chi connectivity index (χ4n) is 2.73. The molecular formula is C18H20ClN5OS. The van der Waals surface area contributed by atoms with Gasteiger partial charge < -0.3 is 5.32 Å². The van der Waals surface area contributed by atoms with E-state index < -0.39 is 0 Å². The summed E-state index contributed by atoms with van der Waals surface area (Å²) in [6.45, 7) is 4.55. The molecule has 3 aromatic rings. The van der Waals surface area contributed by atoms with Crippen molar-refractivity contribution >= 4 is 35.0 Å². The zero-order chi connectivity index (χ0) is 18.5. The van der Waals surface area contributed by atoms with Gasteiger partial charge in [0.05, 0.1) is 0 Å². The summed E-state index contributed by atoms with van der Waals surface area (Å²) in [6, 6.07) is 7.70. The predicted molar refractivity (Wildman–Crippen MR) is 104 cm³/mol. The molecule has 1 aromatic carbocycles. The first kappa shape index (κ1) is 18.7. The highest BCUT2D eigenvalue weighted by Crippen LogP contribution is 2.19. The number of fused-ring (bicyclic) bond motifs is 1. The average molecular weight is 390 g/mol. The van der Waals surface area contributed by atoms with Gasteiger partial charge in [0.1, 0.15) is 6.33 Å². The minimum absolute atomic E-state index is 0.0409. The Morgan fingerprint density at radius 2 is 2.04 bits per heavy atom. The first-order valence-electron chi connectivity index (χ1n) is 8.35. The summed E-state index contributed by atoms with van der Waals surface area (Å²) >= 11 is 7.56. The summed E-state index contributed by atoms with van der Waals surface area (Å²) in [5.74, 6) is 1.45. The van der Waals surface area contributed by atoms with Crippen LogP contribution in [0, 0.1) is 13.8 Å². The zero-order valence-electron chi connectivity index (χ0n) is 14.7. The van der Waals surface area contributed by atoms with Crippen molar-refractivity contribution in [1.29, 1.82) is 0 Å². The van der Waals surface area contributed by atoms with Gasteiger partial charge in [0.2, 0.25) is 5.91 Å². The van der Waals surface area contributed by atoms with E-state index in [9.17, 15) is 4.79 Å². The molecule has 0 unspecified atom stereocenters. The third-order valence-electron chi connectivity index (χ3n) is 4.10. The molecule has 6 nitrogen and oxygen atoms in total. The topological polar surface area (TPSA) is 72.2 Å². The third kappa shape index (κ3) is 4.53. The van der Waals surface area contributed by atoms with Gasteiger partial charge in [0, 0.05) is 40.0 Å². The molecule has 2 heterocycles. The van der Waals surface area contributed by atoms with Crippen molar-refractivity contribution in [3.8, 4) is 0 Å². The van der Waals surface area contributed by atoms with E-state index >= 15 is 0 Å². The van der Waals surface area contributed by atoms with Crippen molar-refractivity contribution in [2.75, 3.05) is 12.3 Å². The van der Waals surface area contributed by atoms with Crippen LogP contribution in [0.15, 0.2) is 35.5 Å². The molecule has 0 atom stereocenters.